The summed E-state index contributed by atoms with van der Waals surface area (Å²) in [6, 6.07) is 17.2. The van der Waals surface area contributed by atoms with Crippen molar-refractivity contribution in [2.75, 3.05) is 0 Å². The summed E-state index contributed by atoms with van der Waals surface area (Å²) in [7, 11) is -0.321. The molecule has 1 aliphatic heterocycles. The van der Waals surface area contributed by atoms with Crippen LogP contribution in [0.15, 0.2) is 48.5 Å². The lowest BCUT2D eigenvalue weighted by molar-refractivity contribution is 0.00578. The molecule has 1 aliphatic rings. The largest absolute Gasteiger partial charge is 0.495 e. The predicted octanol–water partition coefficient (Wildman–Crippen LogP) is 4.45. The maximum absolute atomic E-state index is 6.28. The number of benzene rings is 2. The average Bonchev–Trinajstić information content (AvgIpc) is 2.74. The van der Waals surface area contributed by atoms with Crippen molar-refractivity contribution in [1.29, 1.82) is 0 Å². The minimum Gasteiger partial charge on any atom is -0.399 e. The van der Waals surface area contributed by atoms with E-state index in [4.69, 9.17) is 9.31 Å². The topological polar surface area (TPSA) is 18.5 Å². The number of hydrogen-bond acceptors (Lipinski definition) is 2. The average molecular weight is 322 g/mol. The van der Waals surface area contributed by atoms with Gasteiger partial charge in [0.05, 0.1) is 11.2 Å². The summed E-state index contributed by atoms with van der Waals surface area (Å²) in [6.45, 7) is 12.8. The van der Waals surface area contributed by atoms with Crippen LogP contribution < -0.4 is 5.46 Å². The quantitative estimate of drug-likeness (QED) is 0.778. The zero-order valence-electron chi connectivity index (χ0n) is 15.6. The Balaban J connectivity index is 1.98. The van der Waals surface area contributed by atoms with Crippen molar-refractivity contribution in [2.24, 2.45) is 0 Å². The lowest BCUT2D eigenvalue weighted by Gasteiger charge is -2.32. The van der Waals surface area contributed by atoms with Crippen LogP contribution in [0.1, 0.15) is 57.2 Å². The summed E-state index contributed by atoms with van der Waals surface area (Å²) >= 11 is 0. The third-order valence-corrected chi connectivity index (χ3v) is 5.51. The van der Waals surface area contributed by atoms with Gasteiger partial charge in [-0.2, -0.15) is 0 Å². The van der Waals surface area contributed by atoms with E-state index in [1.807, 2.05) is 0 Å². The van der Waals surface area contributed by atoms with Gasteiger partial charge < -0.3 is 9.31 Å². The first-order valence-corrected chi connectivity index (χ1v) is 8.72. The van der Waals surface area contributed by atoms with E-state index in [2.05, 4.69) is 90.1 Å². The van der Waals surface area contributed by atoms with Crippen molar-refractivity contribution < 1.29 is 9.31 Å². The molecule has 24 heavy (non-hydrogen) atoms. The Morgan fingerprint density at radius 2 is 1.50 bits per heavy atom. The van der Waals surface area contributed by atoms with E-state index < -0.39 is 0 Å². The molecule has 0 saturated carbocycles. The molecule has 3 rings (SSSR count). The molecule has 1 saturated heterocycles. The Morgan fingerprint density at radius 1 is 0.875 bits per heavy atom. The monoisotopic (exact) mass is 322 g/mol. The molecule has 0 N–H and O–H groups in total. The van der Waals surface area contributed by atoms with Crippen LogP contribution >= 0.6 is 0 Å². The second-order valence-electron chi connectivity index (χ2n) is 7.85. The number of rotatable bonds is 3. The van der Waals surface area contributed by atoms with E-state index in [1.54, 1.807) is 0 Å². The number of hydrogen-bond donors (Lipinski definition) is 0. The Morgan fingerprint density at radius 3 is 2.12 bits per heavy atom. The van der Waals surface area contributed by atoms with Crippen LogP contribution in [0.5, 0.6) is 0 Å². The van der Waals surface area contributed by atoms with Crippen molar-refractivity contribution >= 4 is 12.6 Å². The third-order valence-electron chi connectivity index (χ3n) is 5.51. The minimum absolute atomic E-state index is 0.292. The molecule has 0 aliphatic carbocycles. The fourth-order valence-electron chi connectivity index (χ4n) is 3.21. The normalized spacial score (nSPS) is 20.2. The van der Waals surface area contributed by atoms with Crippen LogP contribution in [-0.4, -0.2) is 18.3 Å². The van der Waals surface area contributed by atoms with Gasteiger partial charge in [0.1, 0.15) is 0 Å². The number of aryl methyl sites for hydroxylation is 1. The lowest BCUT2D eigenvalue weighted by atomic mass is 9.72. The molecular weight excluding hydrogens is 295 g/mol. The van der Waals surface area contributed by atoms with Crippen molar-refractivity contribution in [3.63, 3.8) is 0 Å². The fourth-order valence-corrected chi connectivity index (χ4v) is 3.21. The highest BCUT2D eigenvalue weighted by atomic mass is 16.7. The first-order valence-electron chi connectivity index (χ1n) is 8.72. The van der Waals surface area contributed by atoms with Gasteiger partial charge in [-0.25, -0.2) is 0 Å². The van der Waals surface area contributed by atoms with E-state index >= 15 is 0 Å². The predicted molar refractivity (Wildman–Crippen MR) is 101 cm³/mol. The van der Waals surface area contributed by atoms with Gasteiger partial charge in [-0.15, -0.1) is 0 Å². The molecule has 0 bridgehead atoms. The first-order chi connectivity index (χ1) is 11.2. The van der Waals surface area contributed by atoms with Gasteiger partial charge in [-0.1, -0.05) is 61.0 Å². The van der Waals surface area contributed by atoms with Crippen molar-refractivity contribution in [2.45, 2.75) is 58.7 Å². The van der Waals surface area contributed by atoms with E-state index in [0.29, 0.717) is 5.92 Å². The molecule has 126 valence electrons. The minimum atomic E-state index is -0.322. The van der Waals surface area contributed by atoms with Gasteiger partial charge >= 0.3 is 7.12 Å². The molecule has 1 fully saturated rings. The molecule has 0 aromatic heterocycles. The molecule has 0 unspecified atom stereocenters. The van der Waals surface area contributed by atoms with Crippen molar-refractivity contribution in [1.82, 2.24) is 0 Å². The molecule has 1 atom stereocenters. The zero-order chi connectivity index (χ0) is 17.5. The summed E-state index contributed by atoms with van der Waals surface area (Å²) in [5.74, 6) is 0.292. The second-order valence-corrected chi connectivity index (χ2v) is 7.85. The Labute approximate surface area is 146 Å². The van der Waals surface area contributed by atoms with Gasteiger partial charge in [0.15, 0.2) is 0 Å². The SMILES string of the molecule is Cc1cccc([C@H](C)c2ccccc2B2OC(C)(C)C(C)(C)O2)c1. The van der Waals surface area contributed by atoms with E-state index in [9.17, 15) is 0 Å². The highest BCUT2D eigenvalue weighted by Gasteiger charge is 2.52. The standard InChI is InChI=1S/C21H27BO2/c1-15-10-9-11-17(14-15)16(2)18-12-7-8-13-19(18)22-23-20(3,4)21(5,6)24-22/h7-14,16H,1-6H3/t16-/m0/s1. The van der Waals surface area contributed by atoms with Crippen LogP contribution in [-0.2, 0) is 9.31 Å². The molecule has 0 amide bonds. The van der Waals surface area contributed by atoms with E-state index in [1.165, 1.54) is 16.7 Å². The smallest absolute Gasteiger partial charge is 0.399 e. The Hall–Kier alpha value is -1.58. The zero-order valence-corrected chi connectivity index (χ0v) is 15.6. The van der Waals surface area contributed by atoms with Crippen LogP contribution in [0.3, 0.4) is 0 Å². The molecular formula is C21H27BO2. The van der Waals surface area contributed by atoms with Crippen molar-refractivity contribution in [3.05, 3.63) is 65.2 Å². The third kappa shape index (κ3) is 3.03. The van der Waals surface area contributed by atoms with Gasteiger partial charge in [-0.05, 0) is 51.2 Å². The summed E-state index contributed by atoms with van der Waals surface area (Å²) in [6.07, 6.45) is 0. The summed E-state index contributed by atoms with van der Waals surface area (Å²) in [4.78, 5) is 0. The van der Waals surface area contributed by atoms with Crippen LogP contribution in [0.2, 0.25) is 0 Å². The summed E-state index contributed by atoms with van der Waals surface area (Å²) < 4.78 is 12.6. The highest BCUT2D eigenvalue weighted by Crippen LogP contribution is 2.37. The van der Waals surface area contributed by atoms with Gasteiger partial charge in [-0.3, -0.25) is 0 Å². The molecule has 2 aromatic carbocycles. The van der Waals surface area contributed by atoms with Gasteiger partial charge in [0, 0.05) is 5.92 Å². The molecule has 2 aromatic rings. The fraction of sp³-hybridized carbons (Fsp3) is 0.429. The molecule has 1 heterocycles. The van der Waals surface area contributed by atoms with E-state index in [0.717, 1.165) is 5.46 Å². The lowest BCUT2D eigenvalue weighted by Crippen LogP contribution is -2.41. The maximum Gasteiger partial charge on any atom is 0.495 e. The Bertz CT molecular complexity index is 720. The van der Waals surface area contributed by atoms with Crippen LogP contribution in [0.25, 0.3) is 0 Å². The van der Waals surface area contributed by atoms with Crippen LogP contribution in [0.4, 0.5) is 0 Å². The maximum atomic E-state index is 6.28. The molecule has 3 heteroatoms. The Kier molecular flexibility index (Phi) is 4.35. The van der Waals surface area contributed by atoms with Gasteiger partial charge in [0.2, 0.25) is 0 Å². The second kappa shape index (κ2) is 6.05. The van der Waals surface area contributed by atoms with Crippen molar-refractivity contribution in [3.8, 4) is 0 Å². The molecule has 2 nitrogen and oxygen atoms in total. The highest BCUT2D eigenvalue weighted by molar-refractivity contribution is 6.62. The van der Waals surface area contributed by atoms with Crippen LogP contribution in [0, 0.1) is 6.92 Å². The van der Waals surface area contributed by atoms with E-state index in [-0.39, 0.29) is 18.3 Å². The molecule has 0 spiro atoms. The molecule has 0 radical (unpaired) electrons. The summed E-state index contributed by atoms with van der Waals surface area (Å²) in [5, 5.41) is 0. The van der Waals surface area contributed by atoms with Gasteiger partial charge in [0.25, 0.3) is 0 Å². The summed E-state index contributed by atoms with van der Waals surface area (Å²) in [5.41, 5.74) is 4.35. The first kappa shape index (κ1) is 17.3.